The molecule has 5 nitrogen and oxygen atoms in total. The zero-order valence-corrected chi connectivity index (χ0v) is 15.3. The number of ether oxygens (including phenoxy) is 1. The molecule has 0 saturated carbocycles. The van der Waals surface area contributed by atoms with Gasteiger partial charge in [0.1, 0.15) is 11.9 Å². The number of methoxy groups -OCH3 is 1. The number of benzene rings is 1. The maximum Gasteiger partial charge on any atom is 0.227 e. The Labute approximate surface area is 147 Å². The minimum atomic E-state index is -0.359. The molecule has 3 unspecified atom stereocenters. The van der Waals surface area contributed by atoms with Crippen LogP contribution in [0.4, 0.5) is 0 Å². The van der Waals surface area contributed by atoms with Crippen LogP contribution in [0.3, 0.4) is 0 Å². The summed E-state index contributed by atoms with van der Waals surface area (Å²) in [5.74, 6) is 0.200. The number of aryl methyl sites for hydroxylation is 2. The Morgan fingerprint density at radius 3 is 2.50 bits per heavy atom. The van der Waals surface area contributed by atoms with E-state index in [2.05, 4.69) is 10.5 Å². The SMILES string of the molecule is COC(c1ccccc1Cl)C(C)NC(=O)C(C)c1c(C)noc1C. The van der Waals surface area contributed by atoms with E-state index in [-0.39, 0.29) is 24.0 Å². The molecule has 1 amide bonds. The molecule has 130 valence electrons. The van der Waals surface area contributed by atoms with Gasteiger partial charge in [-0.3, -0.25) is 4.79 Å². The molecular formula is C18H23ClN2O3. The summed E-state index contributed by atoms with van der Waals surface area (Å²) in [7, 11) is 1.61. The third-order valence-electron chi connectivity index (χ3n) is 4.20. The Morgan fingerprint density at radius 2 is 1.96 bits per heavy atom. The standard InChI is InChI=1S/C18H23ClN2O3/c1-10(16-11(2)21-24-13(16)4)18(22)20-12(3)17(23-5)14-8-6-7-9-15(14)19/h6-10,12,17H,1-5H3,(H,20,22). The molecule has 0 bridgehead atoms. The molecule has 0 saturated heterocycles. The van der Waals surface area contributed by atoms with Crippen molar-refractivity contribution in [2.24, 2.45) is 0 Å². The number of rotatable bonds is 6. The average Bonchev–Trinajstić information content (AvgIpc) is 2.88. The first kappa shape index (κ1) is 18.5. The molecule has 0 radical (unpaired) electrons. The highest BCUT2D eigenvalue weighted by Gasteiger charge is 2.27. The summed E-state index contributed by atoms with van der Waals surface area (Å²) < 4.78 is 10.7. The number of carbonyl (C=O) groups is 1. The third-order valence-corrected chi connectivity index (χ3v) is 4.55. The highest BCUT2D eigenvalue weighted by atomic mass is 35.5. The summed E-state index contributed by atoms with van der Waals surface area (Å²) >= 11 is 6.25. The first-order valence-electron chi connectivity index (χ1n) is 7.87. The van der Waals surface area contributed by atoms with E-state index in [0.29, 0.717) is 10.8 Å². The molecule has 0 aliphatic carbocycles. The van der Waals surface area contributed by atoms with Crippen LogP contribution < -0.4 is 5.32 Å². The molecule has 2 rings (SSSR count). The van der Waals surface area contributed by atoms with E-state index >= 15 is 0 Å². The fraction of sp³-hybridized carbons (Fsp3) is 0.444. The fourth-order valence-corrected chi connectivity index (χ4v) is 3.21. The Morgan fingerprint density at radius 1 is 1.29 bits per heavy atom. The Kier molecular flexibility index (Phi) is 6.02. The first-order valence-corrected chi connectivity index (χ1v) is 8.25. The van der Waals surface area contributed by atoms with Crippen LogP contribution in [0.2, 0.25) is 5.02 Å². The van der Waals surface area contributed by atoms with Crippen LogP contribution in [-0.4, -0.2) is 24.2 Å². The summed E-state index contributed by atoms with van der Waals surface area (Å²) in [6.45, 7) is 7.38. The molecule has 1 aromatic heterocycles. The molecule has 0 fully saturated rings. The third kappa shape index (κ3) is 3.79. The van der Waals surface area contributed by atoms with Crippen molar-refractivity contribution in [2.45, 2.75) is 45.8 Å². The fourth-order valence-electron chi connectivity index (χ4n) is 2.97. The molecule has 2 aromatic rings. The Hall–Kier alpha value is -1.85. The van der Waals surface area contributed by atoms with E-state index in [4.69, 9.17) is 20.9 Å². The lowest BCUT2D eigenvalue weighted by atomic mass is 9.97. The topological polar surface area (TPSA) is 64.4 Å². The van der Waals surface area contributed by atoms with Crippen molar-refractivity contribution in [2.75, 3.05) is 7.11 Å². The van der Waals surface area contributed by atoms with Gasteiger partial charge in [-0.05, 0) is 33.8 Å². The minimum Gasteiger partial charge on any atom is -0.375 e. The Balaban J connectivity index is 2.14. The second-order valence-corrected chi connectivity index (χ2v) is 6.34. The number of nitrogens with one attached hydrogen (secondary N) is 1. The summed E-state index contributed by atoms with van der Waals surface area (Å²) in [5, 5.41) is 7.53. The van der Waals surface area contributed by atoms with Gasteiger partial charge in [0.05, 0.1) is 17.7 Å². The van der Waals surface area contributed by atoms with E-state index in [1.54, 1.807) is 7.11 Å². The van der Waals surface area contributed by atoms with Crippen LogP contribution in [-0.2, 0) is 9.53 Å². The predicted molar refractivity (Wildman–Crippen MR) is 93.2 cm³/mol. The van der Waals surface area contributed by atoms with Gasteiger partial charge >= 0.3 is 0 Å². The summed E-state index contributed by atoms with van der Waals surface area (Å²) in [4.78, 5) is 12.6. The van der Waals surface area contributed by atoms with Crippen LogP contribution in [0.5, 0.6) is 0 Å². The highest BCUT2D eigenvalue weighted by molar-refractivity contribution is 6.31. The van der Waals surface area contributed by atoms with Crippen molar-refractivity contribution in [3.8, 4) is 0 Å². The molecule has 1 N–H and O–H groups in total. The van der Waals surface area contributed by atoms with Gasteiger partial charge in [0.25, 0.3) is 0 Å². The predicted octanol–water partition coefficient (Wildman–Crippen LogP) is 3.94. The van der Waals surface area contributed by atoms with Crippen LogP contribution >= 0.6 is 11.6 Å². The van der Waals surface area contributed by atoms with Crippen molar-refractivity contribution in [3.63, 3.8) is 0 Å². The lowest BCUT2D eigenvalue weighted by molar-refractivity contribution is -0.123. The van der Waals surface area contributed by atoms with Crippen molar-refractivity contribution in [1.29, 1.82) is 0 Å². The van der Waals surface area contributed by atoms with Crippen molar-refractivity contribution >= 4 is 17.5 Å². The molecule has 1 aromatic carbocycles. The van der Waals surface area contributed by atoms with E-state index in [1.807, 2.05) is 52.0 Å². The molecule has 24 heavy (non-hydrogen) atoms. The van der Waals surface area contributed by atoms with Crippen LogP contribution in [0.25, 0.3) is 0 Å². The summed E-state index contributed by atoms with van der Waals surface area (Å²) in [6, 6.07) is 7.22. The van der Waals surface area contributed by atoms with E-state index in [0.717, 1.165) is 16.8 Å². The summed E-state index contributed by atoms with van der Waals surface area (Å²) in [6.07, 6.45) is -0.334. The molecule has 6 heteroatoms. The number of nitrogens with zero attached hydrogens (tertiary/aromatic N) is 1. The van der Waals surface area contributed by atoms with Gasteiger partial charge < -0.3 is 14.6 Å². The monoisotopic (exact) mass is 350 g/mol. The lowest BCUT2D eigenvalue weighted by Crippen LogP contribution is -2.40. The van der Waals surface area contributed by atoms with Crippen LogP contribution in [0.15, 0.2) is 28.8 Å². The van der Waals surface area contributed by atoms with Gasteiger partial charge in [-0.2, -0.15) is 0 Å². The van der Waals surface area contributed by atoms with E-state index in [9.17, 15) is 4.79 Å². The van der Waals surface area contributed by atoms with E-state index in [1.165, 1.54) is 0 Å². The van der Waals surface area contributed by atoms with Gasteiger partial charge in [-0.1, -0.05) is 35.0 Å². The molecule has 1 heterocycles. The highest BCUT2D eigenvalue weighted by Crippen LogP contribution is 2.29. The van der Waals surface area contributed by atoms with Crippen LogP contribution in [0.1, 0.15) is 48.5 Å². The second kappa shape index (κ2) is 7.81. The quantitative estimate of drug-likeness (QED) is 0.857. The van der Waals surface area contributed by atoms with Crippen LogP contribution in [0, 0.1) is 13.8 Å². The first-order chi connectivity index (χ1) is 11.4. The van der Waals surface area contributed by atoms with Gasteiger partial charge in [0, 0.05) is 23.3 Å². The van der Waals surface area contributed by atoms with Gasteiger partial charge in [-0.25, -0.2) is 0 Å². The number of hydrogen-bond donors (Lipinski definition) is 1. The minimum absolute atomic E-state index is 0.106. The molecular weight excluding hydrogens is 328 g/mol. The Bertz CT molecular complexity index is 695. The number of halogens is 1. The van der Waals surface area contributed by atoms with Gasteiger partial charge in [0.15, 0.2) is 0 Å². The molecule has 0 spiro atoms. The largest absolute Gasteiger partial charge is 0.375 e. The number of carbonyl (C=O) groups excluding carboxylic acids is 1. The van der Waals surface area contributed by atoms with E-state index < -0.39 is 0 Å². The number of hydrogen-bond acceptors (Lipinski definition) is 4. The zero-order chi connectivity index (χ0) is 17.9. The summed E-state index contributed by atoms with van der Waals surface area (Å²) in [5.41, 5.74) is 2.41. The number of amides is 1. The maximum atomic E-state index is 12.6. The zero-order valence-electron chi connectivity index (χ0n) is 14.6. The molecule has 3 atom stereocenters. The maximum absolute atomic E-state index is 12.6. The number of aromatic nitrogens is 1. The van der Waals surface area contributed by atoms with Crippen molar-refractivity contribution < 1.29 is 14.1 Å². The van der Waals surface area contributed by atoms with Gasteiger partial charge in [-0.15, -0.1) is 0 Å². The van der Waals surface area contributed by atoms with Crippen molar-refractivity contribution in [3.05, 3.63) is 51.9 Å². The van der Waals surface area contributed by atoms with Crippen molar-refractivity contribution in [1.82, 2.24) is 10.5 Å². The lowest BCUT2D eigenvalue weighted by Gasteiger charge is -2.26. The molecule has 0 aliphatic heterocycles. The normalized spacial score (nSPS) is 14.9. The average molecular weight is 351 g/mol. The smallest absolute Gasteiger partial charge is 0.227 e. The second-order valence-electron chi connectivity index (χ2n) is 5.93. The molecule has 0 aliphatic rings. The van der Waals surface area contributed by atoms with Gasteiger partial charge in [0.2, 0.25) is 5.91 Å².